The second kappa shape index (κ2) is 5.25. The SMILES string of the molecule is Cc1ncsc1CNCc1ccc(O)c(F)c1. The van der Waals surface area contributed by atoms with E-state index in [0.29, 0.717) is 6.54 Å². The number of benzene rings is 1. The van der Waals surface area contributed by atoms with Gasteiger partial charge in [0.25, 0.3) is 0 Å². The Balaban J connectivity index is 1.90. The van der Waals surface area contributed by atoms with Gasteiger partial charge in [-0.25, -0.2) is 9.37 Å². The summed E-state index contributed by atoms with van der Waals surface area (Å²) < 4.78 is 13.1. The van der Waals surface area contributed by atoms with Crippen molar-refractivity contribution < 1.29 is 9.50 Å². The van der Waals surface area contributed by atoms with E-state index in [4.69, 9.17) is 5.11 Å². The average molecular weight is 252 g/mol. The molecule has 1 aromatic carbocycles. The van der Waals surface area contributed by atoms with Crippen molar-refractivity contribution >= 4 is 11.3 Å². The topological polar surface area (TPSA) is 45.2 Å². The lowest BCUT2D eigenvalue weighted by molar-refractivity contribution is 0.431. The third kappa shape index (κ3) is 3.01. The first kappa shape index (κ1) is 12.0. The Kier molecular flexibility index (Phi) is 3.71. The molecule has 0 bridgehead atoms. The minimum atomic E-state index is -0.585. The van der Waals surface area contributed by atoms with E-state index in [1.807, 2.05) is 12.4 Å². The molecule has 0 aliphatic carbocycles. The van der Waals surface area contributed by atoms with Crippen LogP contribution < -0.4 is 5.32 Å². The zero-order chi connectivity index (χ0) is 12.3. The number of halogens is 1. The van der Waals surface area contributed by atoms with Crippen molar-refractivity contribution in [1.29, 1.82) is 0 Å². The number of nitrogens with zero attached hydrogens (tertiary/aromatic N) is 1. The number of hydrogen-bond acceptors (Lipinski definition) is 4. The zero-order valence-electron chi connectivity index (χ0n) is 9.40. The maximum atomic E-state index is 13.1. The predicted octanol–water partition coefficient (Wildman–Crippen LogP) is 2.59. The van der Waals surface area contributed by atoms with Crippen molar-refractivity contribution in [1.82, 2.24) is 10.3 Å². The fourth-order valence-corrected chi connectivity index (χ4v) is 2.22. The molecule has 2 aromatic rings. The van der Waals surface area contributed by atoms with Crippen LogP contribution in [0.15, 0.2) is 23.7 Å². The van der Waals surface area contributed by atoms with Crippen molar-refractivity contribution in [2.75, 3.05) is 0 Å². The number of phenolic OH excluding ortho intramolecular Hbond substituents is 1. The molecule has 0 unspecified atom stereocenters. The van der Waals surface area contributed by atoms with Gasteiger partial charge in [-0.1, -0.05) is 6.07 Å². The number of thiazole rings is 1. The van der Waals surface area contributed by atoms with Gasteiger partial charge >= 0.3 is 0 Å². The van der Waals surface area contributed by atoms with Crippen LogP contribution in [0.3, 0.4) is 0 Å². The van der Waals surface area contributed by atoms with Crippen LogP contribution in [-0.4, -0.2) is 10.1 Å². The molecule has 0 saturated carbocycles. The van der Waals surface area contributed by atoms with Gasteiger partial charge in [0.2, 0.25) is 0 Å². The van der Waals surface area contributed by atoms with Gasteiger partial charge in [-0.3, -0.25) is 0 Å². The molecule has 17 heavy (non-hydrogen) atoms. The average Bonchev–Trinajstić information content (AvgIpc) is 2.70. The Morgan fingerprint density at radius 1 is 1.41 bits per heavy atom. The maximum absolute atomic E-state index is 13.1. The van der Waals surface area contributed by atoms with E-state index in [-0.39, 0.29) is 5.75 Å². The van der Waals surface area contributed by atoms with Crippen LogP contribution in [0.1, 0.15) is 16.1 Å². The summed E-state index contributed by atoms with van der Waals surface area (Å²) in [5.41, 5.74) is 3.65. The summed E-state index contributed by atoms with van der Waals surface area (Å²) in [6, 6.07) is 4.40. The third-order valence-electron chi connectivity index (χ3n) is 2.47. The number of aromatic hydroxyl groups is 1. The Bertz CT molecular complexity index is 513. The molecule has 0 saturated heterocycles. The normalized spacial score (nSPS) is 10.7. The van der Waals surface area contributed by atoms with Gasteiger partial charge in [-0.15, -0.1) is 11.3 Å². The lowest BCUT2D eigenvalue weighted by Gasteiger charge is -2.05. The first-order valence-electron chi connectivity index (χ1n) is 5.24. The van der Waals surface area contributed by atoms with E-state index in [0.717, 1.165) is 17.8 Å². The van der Waals surface area contributed by atoms with E-state index in [1.165, 1.54) is 17.0 Å². The molecule has 0 amide bonds. The summed E-state index contributed by atoms with van der Waals surface area (Å²) in [5, 5.41) is 12.3. The van der Waals surface area contributed by atoms with Crippen LogP contribution in [-0.2, 0) is 13.1 Å². The first-order valence-corrected chi connectivity index (χ1v) is 6.12. The minimum absolute atomic E-state index is 0.313. The summed E-state index contributed by atoms with van der Waals surface area (Å²) in [4.78, 5) is 5.34. The summed E-state index contributed by atoms with van der Waals surface area (Å²) in [7, 11) is 0. The lowest BCUT2D eigenvalue weighted by Crippen LogP contribution is -2.12. The van der Waals surface area contributed by atoms with Gasteiger partial charge in [0.15, 0.2) is 11.6 Å². The highest BCUT2D eigenvalue weighted by Gasteiger charge is 2.03. The van der Waals surface area contributed by atoms with E-state index in [1.54, 1.807) is 17.4 Å². The van der Waals surface area contributed by atoms with Gasteiger partial charge in [-0.2, -0.15) is 0 Å². The zero-order valence-corrected chi connectivity index (χ0v) is 10.2. The number of nitrogens with one attached hydrogen (secondary N) is 1. The van der Waals surface area contributed by atoms with Crippen LogP contribution in [0.2, 0.25) is 0 Å². The first-order chi connectivity index (χ1) is 8.16. The van der Waals surface area contributed by atoms with Gasteiger partial charge in [-0.05, 0) is 24.6 Å². The monoisotopic (exact) mass is 252 g/mol. The highest BCUT2D eigenvalue weighted by molar-refractivity contribution is 7.09. The van der Waals surface area contributed by atoms with E-state index >= 15 is 0 Å². The molecule has 0 spiro atoms. The van der Waals surface area contributed by atoms with Gasteiger partial charge in [0.1, 0.15) is 0 Å². The second-order valence-corrected chi connectivity index (χ2v) is 4.69. The molecule has 2 N–H and O–H groups in total. The predicted molar refractivity (Wildman–Crippen MR) is 65.5 cm³/mol. The van der Waals surface area contributed by atoms with E-state index in [2.05, 4.69) is 10.3 Å². The molecule has 90 valence electrons. The summed E-state index contributed by atoms with van der Waals surface area (Å²) in [6.45, 7) is 3.25. The maximum Gasteiger partial charge on any atom is 0.165 e. The second-order valence-electron chi connectivity index (χ2n) is 3.75. The molecule has 3 nitrogen and oxygen atoms in total. The Labute approximate surface area is 103 Å². The number of aromatic nitrogens is 1. The van der Waals surface area contributed by atoms with Crippen molar-refractivity contribution in [2.45, 2.75) is 20.0 Å². The number of aryl methyl sites for hydroxylation is 1. The highest BCUT2D eigenvalue weighted by atomic mass is 32.1. The fourth-order valence-electron chi connectivity index (χ4n) is 1.48. The molecule has 0 aliphatic rings. The van der Waals surface area contributed by atoms with Crippen LogP contribution >= 0.6 is 11.3 Å². The van der Waals surface area contributed by atoms with Crippen molar-refractivity contribution in [2.24, 2.45) is 0 Å². The molecular formula is C12H13FN2OS. The quantitative estimate of drug-likeness (QED) is 0.879. The molecule has 5 heteroatoms. The third-order valence-corrected chi connectivity index (χ3v) is 3.41. The summed E-state index contributed by atoms with van der Waals surface area (Å²) in [6.07, 6.45) is 0. The number of hydrogen-bond donors (Lipinski definition) is 2. The van der Waals surface area contributed by atoms with Gasteiger partial charge in [0.05, 0.1) is 11.2 Å². The lowest BCUT2D eigenvalue weighted by atomic mass is 10.2. The van der Waals surface area contributed by atoms with Crippen molar-refractivity contribution in [3.63, 3.8) is 0 Å². The summed E-state index contributed by atoms with van der Waals surface area (Å²) >= 11 is 1.60. The number of phenols is 1. The smallest absolute Gasteiger partial charge is 0.165 e. The summed E-state index contributed by atoms with van der Waals surface area (Å²) in [5.74, 6) is -0.898. The Morgan fingerprint density at radius 2 is 2.24 bits per heavy atom. The van der Waals surface area contributed by atoms with Gasteiger partial charge < -0.3 is 10.4 Å². The molecule has 0 atom stereocenters. The molecule has 2 rings (SSSR count). The molecular weight excluding hydrogens is 239 g/mol. The highest BCUT2D eigenvalue weighted by Crippen LogP contribution is 2.16. The Hall–Kier alpha value is -1.46. The van der Waals surface area contributed by atoms with Crippen molar-refractivity contribution in [3.8, 4) is 5.75 Å². The Morgan fingerprint density at radius 3 is 2.88 bits per heavy atom. The minimum Gasteiger partial charge on any atom is -0.505 e. The van der Waals surface area contributed by atoms with Crippen LogP contribution in [0.5, 0.6) is 5.75 Å². The standard InChI is InChI=1S/C12H13FN2OS/c1-8-12(17-7-15-8)6-14-5-9-2-3-11(16)10(13)4-9/h2-4,7,14,16H,5-6H2,1H3. The van der Waals surface area contributed by atoms with Crippen LogP contribution in [0.4, 0.5) is 4.39 Å². The molecule has 1 aromatic heterocycles. The molecule has 0 aliphatic heterocycles. The molecule has 0 fully saturated rings. The van der Waals surface area contributed by atoms with Crippen LogP contribution in [0, 0.1) is 12.7 Å². The van der Waals surface area contributed by atoms with Crippen molar-refractivity contribution in [3.05, 3.63) is 45.7 Å². The van der Waals surface area contributed by atoms with Crippen LogP contribution in [0.25, 0.3) is 0 Å². The molecule has 0 radical (unpaired) electrons. The van der Waals surface area contributed by atoms with Gasteiger partial charge in [0, 0.05) is 18.0 Å². The number of rotatable bonds is 4. The largest absolute Gasteiger partial charge is 0.505 e. The molecule has 1 heterocycles. The van der Waals surface area contributed by atoms with E-state index in [9.17, 15) is 4.39 Å². The fraction of sp³-hybridized carbons (Fsp3) is 0.250. The van der Waals surface area contributed by atoms with E-state index < -0.39 is 5.82 Å².